The van der Waals surface area contributed by atoms with Gasteiger partial charge >= 0.3 is 0 Å². The SMILES string of the molecule is Cc1ccc2nc(N(CCCN3CCOCC3)C(=O)Cn3cnc(C)c(C)c3=O)sc2c1. The molecule has 32 heavy (non-hydrogen) atoms. The molecule has 0 unspecified atom stereocenters. The second-order valence-electron chi connectivity index (χ2n) is 8.21. The van der Waals surface area contributed by atoms with Crippen molar-refractivity contribution in [1.29, 1.82) is 0 Å². The van der Waals surface area contributed by atoms with Gasteiger partial charge in [-0.05, 0) is 44.9 Å². The highest BCUT2D eigenvalue weighted by molar-refractivity contribution is 7.22. The quantitative estimate of drug-likeness (QED) is 0.545. The van der Waals surface area contributed by atoms with Crippen LogP contribution >= 0.6 is 11.3 Å². The Hall–Kier alpha value is -2.62. The minimum absolute atomic E-state index is 0.0561. The van der Waals surface area contributed by atoms with Crippen LogP contribution in [-0.4, -0.2) is 64.7 Å². The molecule has 9 heteroatoms. The molecule has 1 aliphatic rings. The van der Waals surface area contributed by atoms with Gasteiger partial charge in [-0.25, -0.2) is 9.97 Å². The number of ether oxygens (including phenoxy) is 1. The lowest BCUT2D eigenvalue weighted by Gasteiger charge is -2.27. The standard InChI is InChI=1S/C23H29N5O3S/c1-16-5-6-19-20(13-16)32-23(25-19)28(8-4-7-26-9-11-31-12-10-26)21(29)14-27-15-24-18(3)17(2)22(27)30/h5-6,13,15H,4,7-12,14H2,1-3H3. The monoisotopic (exact) mass is 455 g/mol. The maximum absolute atomic E-state index is 13.4. The molecular formula is C23H29N5O3S. The van der Waals surface area contributed by atoms with Crippen molar-refractivity contribution in [3.63, 3.8) is 0 Å². The van der Waals surface area contributed by atoms with Crippen LogP contribution in [0.5, 0.6) is 0 Å². The number of amides is 1. The molecule has 8 nitrogen and oxygen atoms in total. The summed E-state index contributed by atoms with van der Waals surface area (Å²) < 4.78 is 7.86. The van der Waals surface area contributed by atoms with Crippen LogP contribution in [0.1, 0.15) is 23.2 Å². The van der Waals surface area contributed by atoms with E-state index in [1.54, 1.807) is 18.7 Å². The number of fused-ring (bicyclic) bond motifs is 1. The fourth-order valence-electron chi connectivity index (χ4n) is 3.76. The molecular weight excluding hydrogens is 426 g/mol. The maximum atomic E-state index is 13.4. The number of rotatable bonds is 7. The number of aromatic nitrogens is 3. The molecule has 0 bridgehead atoms. The molecule has 0 atom stereocenters. The van der Waals surface area contributed by atoms with Crippen molar-refractivity contribution in [2.24, 2.45) is 0 Å². The second-order valence-corrected chi connectivity index (χ2v) is 9.22. The van der Waals surface area contributed by atoms with E-state index in [0.29, 0.717) is 22.9 Å². The van der Waals surface area contributed by atoms with Crippen LogP contribution in [0.2, 0.25) is 0 Å². The number of anilines is 1. The number of aryl methyl sites for hydroxylation is 2. The van der Waals surface area contributed by atoms with Gasteiger partial charge in [-0.15, -0.1) is 0 Å². The summed E-state index contributed by atoms with van der Waals surface area (Å²) in [5, 5.41) is 0.669. The van der Waals surface area contributed by atoms with E-state index in [2.05, 4.69) is 16.0 Å². The highest BCUT2D eigenvalue weighted by Gasteiger charge is 2.22. The van der Waals surface area contributed by atoms with Gasteiger partial charge in [0.05, 0.1) is 29.8 Å². The van der Waals surface area contributed by atoms with Crippen LogP contribution in [0.4, 0.5) is 5.13 Å². The molecule has 1 saturated heterocycles. The van der Waals surface area contributed by atoms with Crippen molar-refractivity contribution in [3.8, 4) is 0 Å². The molecule has 170 valence electrons. The molecule has 0 saturated carbocycles. The van der Waals surface area contributed by atoms with Crippen LogP contribution in [0.15, 0.2) is 29.3 Å². The van der Waals surface area contributed by atoms with Crippen LogP contribution in [0.3, 0.4) is 0 Å². The summed E-state index contributed by atoms with van der Waals surface area (Å²) in [7, 11) is 0. The molecule has 1 aliphatic heterocycles. The van der Waals surface area contributed by atoms with Gasteiger partial charge in [0.1, 0.15) is 6.54 Å². The Morgan fingerprint density at radius 3 is 2.78 bits per heavy atom. The average molecular weight is 456 g/mol. The molecule has 3 heterocycles. The first-order chi connectivity index (χ1) is 15.4. The van der Waals surface area contributed by atoms with E-state index in [1.165, 1.54) is 22.2 Å². The lowest BCUT2D eigenvalue weighted by Crippen LogP contribution is -2.41. The molecule has 0 spiro atoms. The minimum atomic E-state index is -0.181. The van der Waals surface area contributed by atoms with E-state index in [1.807, 2.05) is 19.1 Å². The Kier molecular flexibility index (Phi) is 6.98. The zero-order chi connectivity index (χ0) is 22.7. The highest BCUT2D eigenvalue weighted by Crippen LogP contribution is 2.30. The second kappa shape index (κ2) is 9.89. The molecule has 1 amide bonds. The highest BCUT2D eigenvalue weighted by atomic mass is 32.1. The van der Waals surface area contributed by atoms with Gasteiger partial charge in [-0.3, -0.25) is 24.0 Å². The van der Waals surface area contributed by atoms with Crippen LogP contribution in [-0.2, 0) is 16.1 Å². The number of carbonyl (C=O) groups is 1. The average Bonchev–Trinajstić information content (AvgIpc) is 3.20. The first-order valence-electron chi connectivity index (χ1n) is 10.9. The molecule has 1 fully saturated rings. The van der Waals surface area contributed by atoms with E-state index in [-0.39, 0.29) is 18.0 Å². The molecule has 0 aliphatic carbocycles. The first-order valence-corrected chi connectivity index (χ1v) is 11.7. The van der Waals surface area contributed by atoms with Crippen LogP contribution in [0.25, 0.3) is 10.2 Å². The molecule has 2 aromatic heterocycles. The van der Waals surface area contributed by atoms with Gasteiger partial charge in [0.25, 0.3) is 5.56 Å². The lowest BCUT2D eigenvalue weighted by molar-refractivity contribution is -0.119. The Labute approximate surface area is 191 Å². The molecule has 4 rings (SSSR count). The summed E-state index contributed by atoms with van der Waals surface area (Å²) >= 11 is 1.51. The summed E-state index contributed by atoms with van der Waals surface area (Å²) in [6.07, 6.45) is 2.27. The third kappa shape index (κ3) is 5.06. The maximum Gasteiger partial charge on any atom is 0.256 e. The van der Waals surface area contributed by atoms with E-state index in [4.69, 9.17) is 9.72 Å². The van der Waals surface area contributed by atoms with Gasteiger partial charge in [0, 0.05) is 37.4 Å². The van der Waals surface area contributed by atoms with E-state index in [0.717, 1.165) is 55.0 Å². The van der Waals surface area contributed by atoms with Crippen LogP contribution < -0.4 is 10.5 Å². The third-order valence-electron chi connectivity index (χ3n) is 5.85. The fourth-order valence-corrected chi connectivity index (χ4v) is 4.87. The van der Waals surface area contributed by atoms with E-state index < -0.39 is 0 Å². The number of morpholine rings is 1. The Morgan fingerprint density at radius 2 is 2.00 bits per heavy atom. The first kappa shape index (κ1) is 22.6. The summed E-state index contributed by atoms with van der Waals surface area (Å²) in [5.74, 6) is -0.157. The number of hydrogen-bond acceptors (Lipinski definition) is 7. The zero-order valence-electron chi connectivity index (χ0n) is 18.8. The van der Waals surface area contributed by atoms with Crippen molar-refractivity contribution < 1.29 is 9.53 Å². The van der Waals surface area contributed by atoms with Gasteiger partial charge < -0.3 is 4.74 Å². The minimum Gasteiger partial charge on any atom is -0.379 e. The molecule has 0 N–H and O–H groups in total. The number of thiazole rings is 1. The Morgan fingerprint density at radius 1 is 1.22 bits per heavy atom. The largest absolute Gasteiger partial charge is 0.379 e. The normalized spacial score (nSPS) is 14.7. The topological polar surface area (TPSA) is 80.6 Å². The number of hydrogen-bond donors (Lipinski definition) is 0. The van der Waals surface area contributed by atoms with Gasteiger partial charge in [0.15, 0.2) is 5.13 Å². The number of benzene rings is 1. The van der Waals surface area contributed by atoms with Gasteiger partial charge in [-0.2, -0.15) is 0 Å². The van der Waals surface area contributed by atoms with Crippen molar-refractivity contribution in [1.82, 2.24) is 19.4 Å². The van der Waals surface area contributed by atoms with Crippen molar-refractivity contribution in [3.05, 3.63) is 51.7 Å². The lowest BCUT2D eigenvalue weighted by atomic mass is 10.2. The number of nitrogens with zero attached hydrogens (tertiary/aromatic N) is 5. The Bertz CT molecular complexity index is 1170. The van der Waals surface area contributed by atoms with E-state index >= 15 is 0 Å². The predicted octanol–water partition coefficient (Wildman–Crippen LogP) is 2.53. The van der Waals surface area contributed by atoms with Crippen molar-refractivity contribution >= 4 is 32.6 Å². The summed E-state index contributed by atoms with van der Waals surface area (Å²) in [4.78, 5) is 39.0. The predicted molar refractivity (Wildman–Crippen MR) is 127 cm³/mol. The molecule has 0 radical (unpaired) electrons. The van der Waals surface area contributed by atoms with Crippen LogP contribution in [0, 0.1) is 20.8 Å². The third-order valence-corrected chi connectivity index (χ3v) is 6.89. The molecule has 1 aromatic carbocycles. The summed E-state index contributed by atoms with van der Waals surface area (Å²) in [6.45, 7) is 10.3. The zero-order valence-corrected chi connectivity index (χ0v) is 19.7. The van der Waals surface area contributed by atoms with Gasteiger partial charge in [0.2, 0.25) is 5.91 Å². The summed E-state index contributed by atoms with van der Waals surface area (Å²) in [5.41, 5.74) is 3.11. The smallest absolute Gasteiger partial charge is 0.256 e. The van der Waals surface area contributed by atoms with Gasteiger partial charge in [-0.1, -0.05) is 17.4 Å². The fraction of sp³-hybridized carbons (Fsp3) is 0.478. The Balaban J connectivity index is 1.56. The van der Waals surface area contributed by atoms with Crippen molar-refractivity contribution in [2.75, 3.05) is 44.3 Å². The van der Waals surface area contributed by atoms with Crippen molar-refractivity contribution in [2.45, 2.75) is 33.7 Å². The number of carbonyl (C=O) groups excluding carboxylic acids is 1. The summed E-state index contributed by atoms with van der Waals surface area (Å²) in [6, 6.07) is 6.10. The molecule has 3 aromatic rings. The van der Waals surface area contributed by atoms with E-state index in [9.17, 15) is 9.59 Å².